The van der Waals surface area contributed by atoms with Gasteiger partial charge in [0.15, 0.2) is 5.78 Å². The number of carbonyl (C=O) groups excluding carboxylic acids is 5. The van der Waals surface area contributed by atoms with E-state index in [0.717, 1.165) is 6.07 Å². The number of hydrogen-bond donors (Lipinski definition) is 4. The third kappa shape index (κ3) is 7.38. The van der Waals surface area contributed by atoms with Gasteiger partial charge in [0.2, 0.25) is 17.7 Å². The summed E-state index contributed by atoms with van der Waals surface area (Å²) >= 11 is 5.63. The average molecular weight is 581 g/mol. The van der Waals surface area contributed by atoms with Gasteiger partial charge in [-0.2, -0.15) is 13.2 Å². The van der Waals surface area contributed by atoms with Gasteiger partial charge in [-0.3, -0.25) is 24.5 Å². The largest absolute Gasteiger partial charge is 0.417 e. The van der Waals surface area contributed by atoms with Gasteiger partial charge >= 0.3 is 12.2 Å². The SMILES string of the molecule is CC(C)[C@H](NC(=O)CC(NC(=O)Nc1ccc(Cl)c(C(F)(F)F)c1)c1ccccc1)C(=O)[C@@H]1C(=O)NC(=O)[C@H]1C. The van der Waals surface area contributed by atoms with Gasteiger partial charge in [0.1, 0.15) is 5.92 Å². The van der Waals surface area contributed by atoms with Crippen molar-refractivity contribution in [2.24, 2.45) is 17.8 Å². The van der Waals surface area contributed by atoms with Gasteiger partial charge in [0, 0.05) is 5.69 Å². The molecular formula is C27H28ClF3N4O5. The lowest BCUT2D eigenvalue weighted by Gasteiger charge is -2.26. The Hall–Kier alpha value is -3.93. The number of rotatable bonds is 9. The fourth-order valence-electron chi connectivity index (χ4n) is 4.33. The van der Waals surface area contributed by atoms with E-state index in [1.165, 1.54) is 13.0 Å². The van der Waals surface area contributed by atoms with Crippen molar-refractivity contribution in [2.45, 2.75) is 45.5 Å². The van der Waals surface area contributed by atoms with Crippen LogP contribution in [0.5, 0.6) is 0 Å². The molecule has 0 aliphatic carbocycles. The van der Waals surface area contributed by atoms with Crippen LogP contribution in [0.2, 0.25) is 5.02 Å². The highest BCUT2D eigenvalue weighted by atomic mass is 35.5. The Balaban J connectivity index is 1.75. The van der Waals surface area contributed by atoms with Crippen molar-refractivity contribution >= 4 is 46.8 Å². The summed E-state index contributed by atoms with van der Waals surface area (Å²) < 4.78 is 39.6. The topological polar surface area (TPSA) is 133 Å². The van der Waals surface area contributed by atoms with Gasteiger partial charge in [-0.15, -0.1) is 0 Å². The maximum Gasteiger partial charge on any atom is 0.417 e. The van der Waals surface area contributed by atoms with E-state index in [1.54, 1.807) is 44.2 Å². The van der Waals surface area contributed by atoms with Gasteiger partial charge in [-0.05, 0) is 29.7 Å². The summed E-state index contributed by atoms with van der Waals surface area (Å²) in [6.45, 7) is 4.79. The molecule has 0 saturated carbocycles. The third-order valence-electron chi connectivity index (χ3n) is 6.47. The Morgan fingerprint density at radius 2 is 1.65 bits per heavy atom. The first kappa shape index (κ1) is 30.6. The van der Waals surface area contributed by atoms with Crippen LogP contribution in [0.25, 0.3) is 0 Å². The van der Waals surface area contributed by atoms with E-state index in [9.17, 15) is 37.1 Å². The number of ketones is 1. The highest BCUT2D eigenvalue weighted by molar-refractivity contribution is 6.31. The Morgan fingerprint density at radius 3 is 2.20 bits per heavy atom. The van der Waals surface area contributed by atoms with Gasteiger partial charge in [0.25, 0.3) is 0 Å². The predicted molar refractivity (Wildman–Crippen MR) is 140 cm³/mol. The van der Waals surface area contributed by atoms with Crippen molar-refractivity contribution in [1.29, 1.82) is 0 Å². The summed E-state index contributed by atoms with van der Waals surface area (Å²) in [6.07, 6.45) is -5.07. The van der Waals surface area contributed by atoms with Crippen LogP contribution in [0.15, 0.2) is 48.5 Å². The molecule has 3 rings (SSSR count). The second kappa shape index (κ2) is 12.5. The minimum absolute atomic E-state index is 0.172. The molecule has 2 aromatic carbocycles. The zero-order valence-electron chi connectivity index (χ0n) is 21.8. The van der Waals surface area contributed by atoms with Gasteiger partial charge < -0.3 is 16.0 Å². The molecule has 5 amide bonds. The number of alkyl halides is 3. The average Bonchev–Trinajstić information content (AvgIpc) is 3.13. The van der Waals surface area contributed by atoms with Crippen LogP contribution >= 0.6 is 11.6 Å². The molecule has 0 radical (unpaired) electrons. The number of anilines is 1. The fraction of sp³-hybridized carbons (Fsp3) is 0.370. The molecule has 0 spiro atoms. The molecule has 1 aliphatic rings. The first-order valence-electron chi connectivity index (χ1n) is 12.4. The summed E-state index contributed by atoms with van der Waals surface area (Å²) in [5.74, 6) is -5.08. The molecule has 9 nitrogen and oxygen atoms in total. The molecule has 13 heteroatoms. The first-order valence-corrected chi connectivity index (χ1v) is 12.7. The van der Waals surface area contributed by atoms with Crippen molar-refractivity contribution < 1.29 is 37.1 Å². The number of carbonyl (C=O) groups is 5. The zero-order valence-corrected chi connectivity index (χ0v) is 22.5. The monoisotopic (exact) mass is 580 g/mol. The second-order valence-electron chi connectivity index (χ2n) is 9.77. The molecule has 1 heterocycles. The maximum absolute atomic E-state index is 13.2. The molecular weight excluding hydrogens is 553 g/mol. The Bertz CT molecular complexity index is 1300. The number of halogens is 4. The summed E-state index contributed by atoms with van der Waals surface area (Å²) in [5, 5.41) is 9.09. The maximum atomic E-state index is 13.2. The van der Waals surface area contributed by atoms with Crippen molar-refractivity contribution in [3.63, 3.8) is 0 Å². The van der Waals surface area contributed by atoms with Crippen molar-refractivity contribution in [3.8, 4) is 0 Å². The van der Waals surface area contributed by atoms with E-state index in [1.807, 2.05) is 0 Å². The summed E-state index contributed by atoms with van der Waals surface area (Å²) in [4.78, 5) is 63.0. The summed E-state index contributed by atoms with van der Waals surface area (Å²) in [7, 11) is 0. The smallest absolute Gasteiger partial charge is 0.346 e. The number of benzene rings is 2. The van der Waals surface area contributed by atoms with Crippen molar-refractivity contribution in [3.05, 3.63) is 64.7 Å². The van der Waals surface area contributed by atoms with Crippen molar-refractivity contribution in [1.82, 2.24) is 16.0 Å². The standard InChI is InChI=1S/C27H28ClF3N4O5/c1-13(2)22(23(37)21-14(3)24(38)35-25(21)39)34-20(36)12-19(15-7-5-4-6-8-15)33-26(40)32-16-9-10-18(28)17(11-16)27(29,30)31/h4-11,13-14,19,21-22H,12H2,1-3H3,(H,34,36)(H2,32,33,40)(H,35,38,39)/t14-,19?,21+,22-/m0/s1. The summed E-state index contributed by atoms with van der Waals surface area (Å²) in [6, 6.07) is 8.33. The Labute approximate surface area is 233 Å². The van der Waals surface area contributed by atoms with E-state index < -0.39 is 76.1 Å². The lowest BCUT2D eigenvalue weighted by atomic mass is 9.85. The molecule has 40 heavy (non-hydrogen) atoms. The lowest BCUT2D eigenvalue weighted by molar-refractivity contribution is -0.138. The minimum Gasteiger partial charge on any atom is -0.346 e. The molecule has 0 bridgehead atoms. The lowest BCUT2D eigenvalue weighted by Crippen LogP contribution is -2.49. The van der Waals surface area contributed by atoms with E-state index >= 15 is 0 Å². The molecule has 4 N–H and O–H groups in total. The van der Waals surface area contributed by atoms with Crippen molar-refractivity contribution in [2.75, 3.05) is 5.32 Å². The highest BCUT2D eigenvalue weighted by Crippen LogP contribution is 2.36. The molecule has 1 saturated heterocycles. The van der Waals surface area contributed by atoms with Crippen LogP contribution in [-0.4, -0.2) is 35.6 Å². The van der Waals surface area contributed by atoms with Gasteiger partial charge in [0.05, 0.1) is 35.0 Å². The highest BCUT2D eigenvalue weighted by Gasteiger charge is 2.46. The molecule has 2 aromatic rings. The van der Waals surface area contributed by atoms with Crippen LogP contribution < -0.4 is 21.3 Å². The Kier molecular flexibility index (Phi) is 9.56. The van der Waals surface area contributed by atoms with E-state index in [4.69, 9.17) is 11.6 Å². The first-order chi connectivity index (χ1) is 18.7. The number of hydrogen-bond acceptors (Lipinski definition) is 5. The number of urea groups is 1. The van der Waals surface area contributed by atoms with E-state index in [-0.39, 0.29) is 12.1 Å². The second-order valence-corrected chi connectivity index (χ2v) is 10.2. The predicted octanol–water partition coefficient (Wildman–Crippen LogP) is 4.23. The normalized spacial score (nSPS) is 18.6. The van der Waals surface area contributed by atoms with Crippen LogP contribution in [-0.2, 0) is 25.4 Å². The van der Waals surface area contributed by atoms with E-state index in [0.29, 0.717) is 11.6 Å². The quantitative estimate of drug-likeness (QED) is 0.260. The minimum atomic E-state index is -4.73. The van der Waals surface area contributed by atoms with Gasteiger partial charge in [-0.25, -0.2) is 4.79 Å². The molecule has 4 atom stereocenters. The van der Waals surface area contributed by atoms with Crippen LogP contribution in [0, 0.1) is 17.8 Å². The molecule has 0 aromatic heterocycles. The fourth-order valence-corrected chi connectivity index (χ4v) is 4.55. The number of amides is 5. The number of imide groups is 1. The number of Topliss-reactive ketones (excluding diaryl/α,β-unsaturated/α-hetero) is 1. The molecule has 1 fully saturated rings. The Morgan fingerprint density at radius 1 is 1.00 bits per heavy atom. The van der Waals surface area contributed by atoms with E-state index in [2.05, 4.69) is 21.3 Å². The third-order valence-corrected chi connectivity index (χ3v) is 6.79. The zero-order chi connectivity index (χ0) is 29.8. The summed E-state index contributed by atoms with van der Waals surface area (Å²) in [5.41, 5.74) is -0.779. The van der Waals surface area contributed by atoms with Crippen LogP contribution in [0.3, 0.4) is 0 Å². The van der Waals surface area contributed by atoms with Crippen LogP contribution in [0.1, 0.15) is 44.4 Å². The molecule has 1 aliphatic heterocycles. The molecule has 214 valence electrons. The van der Waals surface area contributed by atoms with Crippen LogP contribution in [0.4, 0.5) is 23.7 Å². The number of nitrogens with one attached hydrogen (secondary N) is 4. The van der Waals surface area contributed by atoms with Gasteiger partial charge in [-0.1, -0.05) is 62.7 Å². The molecule has 1 unspecified atom stereocenters.